The van der Waals surface area contributed by atoms with Crippen LogP contribution >= 0.6 is 0 Å². The Hall–Kier alpha value is -0.850. The lowest BCUT2D eigenvalue weighted by Gasteiger charge is -2.26. The van der Waals surface area contributed by atoms with E-state index in [4.69, 9.17) is 37.9 Å². The molecule has 1 aliphatic rings. The predicted octanol–water partition coefficient (Wildman–Crippen LogP) is 1.15. The Morgan fingerprint density at radius 2 is 0.848 bits per heavy atom. The summed E-state index contributed by atoms with van der Waals surface area (Å²) in [4.78, 5) is 13.9. The average Bonchev–Trinajstić information content (AvgIpc) is 2.85. The van der Waals surface area contributed by atoms with Crippen molar-refractivity contribution >= 4 is 5.91 Å². The first-order chi connectivity index (χ1) is 16.3. The van der Waals surface area contributed by atoms with E-state index in [-0.39, 0.29) is 5.91 Å². The van der Waals surface area contributed by atoms with Crippen LogP contribution in [0.3, 0.4) is 0 Å². The lowest BCUT2D eigenvalue weighted by Crippen LogP contribution is -2.36. The highest BCUT2D eigenvalue weighted by atomic mass is 16.6. The summed E-state index contributed by atoms with van der Waals surface area (Å²) in [6.07, 6.45) is 3.92. The quantitative estimate of drug-likeness (QED) is 0.189. The third-order valence-corrected chi connectivity index (χ3v) is 4.83. The van der Waals surface area contributed by atoms with Gasteiger partial charge in [-0.2, -0.15) is 0 Å². The molecule has 0 atom stereocenters. The molecule has 0 bridgehead atoms. The van der Waals surface area contributed by atoms with Crippen LogP contribution in [-0.2, 0) is 42.7 Å². The maximum atomic E-state index is 12.0. The van der Waals surface area contributed by atoms with Crippen molar-refractivity contribution in [2.45, 2.75) is 25.7 Å². The van der Waals surface area contributed by atoms with Gasteiger partial charge in [0.1, 0.15) is 0 Å². The molecule has 1 saturated heterocycles. The van der Waals surface area contributed by atoms with Crippen molar-refractivity contribution in [1.29, 1.82) is 0 Å². The van der Waals surface area contributed by atoms with Crippen LogP contribution in [0.15, 0.2) is 0 Å². The van der Waals surface area contributed by atoms with E-state index in [1.54, 1.807) is 7.11 Å². The Labute approximate surface area is 199 Å². The number of nitrogens with zero attached hydrogens (tertiary/aromatic N) is 1. The first-order valence-electron chi connectivity index (χ1n) is 12.2. The fraction of sp³-hybridized carbons (Fsp3) is 0.957. The van der Waals surface area contributed by atoms with Gasteiger partial charge in [-0.3, -0.25) is 4.79 Å². The SMILES string of the molecule is COCCOCCOCCOCCOCCOCCOCCOCCC(=O)N1CCCCC1. The van der Waals surface area contributed by atoms with Crippen molar-refractivity contribution in [2.24, 2.45) is 0 Å². The van der Waals surface area contributed by atoms with Crippen LogP contribution in [0.25, 0.3) is 0 Å². The highest BCUT2D eigenvalue weighted by Gasteiger charge is 2.15. The number of rotatable bonds is 24. The zero-order valence-electron chi connectivity index (χ0n) is 20.5. The van der Waals surface area contributed by atoms with Crippen LogP contribution < -0.4 is 0 Å². The summed E-state index contributed by atoms with van der Waals surface area (Å²) in [5.41, 5.74) is 0. The van der Waals surface area contributed by atoms with E-state index in [0.29, 0.717) is 106 Å². The minimum atomic E-state index is 0.197. The highest BCUT2D eigenvalue weighted by Crippen LogP contribution is 2.09. The molecule has 0 spiro atoms. The molecule has 0 aromatic rings. The summed E-state index contributed by atoms with van der Waals surface area (Å²) >= 11 is 0. The number of carbonyl (C=O) groups is 1. The molecule has 33 heavy (non-hydrogen) atoms. The Bertz CT molecular complexity index is 423. The third-order valence-electron chi connectivity index (χ3n) is 4.83. The summed E-state index contributed by atoms with van der Waals surface area (Å²) in [6, 6.07) is 0. The zero-order chi connectivity index (χ0) is 23.7. The number of carbonyl (C=O) groups excluding carboxylic acids is 1. The number of amides is 1. The molecule has 10 nitrogen and oxygen atoms in total. The second kappa shape index (κ2) is 24.3. The first kappa shape index (κ1) is 30.2. The molecule has 1 rings (SSSR count). The van der Waals surface area contributed by atoms with E-state index >= 15 is 0 Å². The van der Waals surface area contributed by atoms with Gasteiger partial charge in [-0.15, -0.1) is 0 Å². The number of likely N-dealkylation sites (tertiary alicyclic amines) is 1. The summed E-state index contributed by atoms with van der Waals surface area (Å²) in [5.74, 6) is 0.197. The third kappa shape index (κ3) is 20.3. The topological polar surface area (TPSA) is 94.2 Å². The molecule has 0 radical (unpaired) electrons. The van der Waals surface area contributed by atoms with E-state index < -0.39 is 0 Å². The van der Waals surface area contributed by atoms with Gasteiger partial charge in [0.05, 0.1) is 106 Å². The molecular formula is C23H45NO9. The number of piperidine rings is 1. The number of methoxy groups -OCH3 is 1. The Morgan fingerprint density at radius 3 is 1.21 bits per heavy atom. The molecule has 0 aliphatic carbocycles. The molecule has 0 unspecified atom stereocenters. The van der Waals surface area contributed by atoms with Crippen LogP contribution in [0.1, 0.15) is 25.7 Å². The minimum Gasteiger partial charge on any atom is -0.382 e. The van der Waals surface area contributed by atoms with Gasteiger partial charge in [-0.05, 0) is 19.3 Å². The van der Waals surface area contributed by atoms with Gasteiger partial charge in [0.15, 0.2) is 0 Å². The number of hydrogen-bond donors (Lipinski definition) is 0. The smallest absolute Gasteiger partial charge is 0.224 e. The van der Waals surface area contributed by atoms with Gasteiger partial charge < -0.3 is 42.8 Å². The average molecular weight is 480 g/mol. The zero-order valence-corrected chi connectivity index (χ0v) is 20.5. The van der Waals surface area contributed by atoms with E-state index in [9.17, 15) is 4.79 Å². The predicted molar refractivity (Wildman–Crippen MR) is 123 cm³/mol. The van der Waals surface area contributed by atoms with Crippen molar-refractivity contribution in [1.82, 2.24) is 4.90 Å². The fourth-order valence-electron chi connectivity index (χ4n) is 3.02. The molecule has 1 heterocycles. The molecule has 1 amide bonds. The normalized spacial score (nSPS) is 14.2. The minimum absolute atomic E-state index is 0.197. The Balaban J connectivity index is 1.66. The lowest BCUT2D eigenvalue weighted by atomic mass is 10.1. The fourth-order valence-corrected chi connectivity index (χ4v) is 3.02. The summed E-state index contributed by atoms with van der Waals surface area (Å²) in [7, 11) is 1.65. The molecule has 0 N–H and O–H groups in total. The number of ether oxygens (including phenoxy) is 8. The van der Waals surface area contributed by atoms with Gasteiger partial charge >= 0.3 is 0 Å². The van der Waals surface area contributed by atoms with E-state index in [1.165, 1.54) is 6.42 Å². The summed E-state index contributed by atoms with van der Waals surface area (Å²) < 4.78 is 42.8. The van der Waals surface area contributed by atoms with Gasteiger partial charge in [0.2, 0.25) is 5.91 Å². The standard InChI is InChI=1S/C23H45NO9/c1-26-9-10-28-13-14-30-17-18-32-21-22-33-20-19-31-16-15-29-12-11-27-8-5-23(25)24-6-3-2-4-7-24/h2-22H2,1H3. The molecule has 1 fully saturated rings. The van der Waals surface area contributed by atoms with Crippen molar-refractivity contribution in [3.05, 3.63) is 0 Å². The summed E-state index contributed by atoms with van der Waals surface area (Å²) in [6.45, 7) is 9.72. The van der Waals surface area contributed by atoms with Crippen molar-refractivity contribution in [3.63, 3.8) is 0 Å². The summed E-state index contributed by atoms with van der Waals surface area (Å²) in [5, 5.41) is 0. The monoisotopic (exact) mass is 479 g/mol. The molecular weight excluding hydrogens is 434 g/mol. The highest BCUT2D eigenvalue weighted by molar-refractivity contribution is 5.76. The maximum absolute atomic E-state index is 12.0. The molecule has 0 aromatic heterocycles. The molecule has 0 aromatic carbocycles. The van der Waals surface area contributed by atoms with Crippen molar-refractivity contribution in [3.8, 4) is 0 Å². The van der Waals surface area contributed by atoms with Gasteiger partial charge in [0, 0.05) is 20.2 Å². The number of hydrogen-bond acceptors (Lipinski definition) is 9. The van der Waals surface area contributed by atoms with Crippen LogP contribution in [-0.4, -0.2) is 130 Å². The van der Waals surface area contributed by atoms with E-state index in [2.05, 4.69) is 0 Å². The van der Waals surface area contributed by atoms with Crippen LogP contribution in [0, 0.1) is 0 Å². The second-order valence-electron chi connectivity index (χ2n) is 7.47. The van der Waals surface area contributed by atoms with E-state index in [1.807, 2.05) is 4.90 Å². The first-order valence-corrected chi connectivity index (χ1v) is 12.2. The van der Waals surface area contributed by atoms with Gasteiger partial charge in [-0.1, -0.05) is 0 Å². The largest absolute Gasteiger partial charge is 0.382 e. The second-order valence-corrected chi connectivity index (χ2v) is 7.47. The van der Waals surface area contributed by atoms with Crippen molar-refractivity contribution < 1.29 is 42.7 Å². The molecule has 0 saturated carbocycles. The van der Waals surface area contributed by atoms with E-state index in [0.717, 1.165) is 25.9 Å². The molecule has 196 valence electrons. The van der Waals surface area contributed by atoms with Crippen LogP contribution in [0.4, 0.5) is 0 Å². The van der Waals surface area contributed by atoms with Crippen LogP contribution in [0.5, 0.6) is 0 Å². The molecule has 10 heteroatoms. The van der Waals surface area contributed by atoms with Gasteiger partial charge in [0.25, 0.3) is 0 Å². The molecule has 1 aliphatic heterocycles. The Morgan fingerprint density at radius 1 is 0.515 bits per heavy atom. The van der Waals surface area contributed by atoms with Gasteiger partial charge in [-0.25, -0.2) is 0 Å². The lowest BCUT2D eigenvalue weighted by molar-refractivity contribution is -0.133. The maximum Gasteiger partial charge on any atom is 0.224 e. The Kier molecular flexibility index (Phi) is 22.2. The van der Waals surface area contributed by atoms with Crippen molar-refractivity contribution in [2.75, 3.05) is 119 Å². The van der Waals surface area contributed by atoms with Crippen LogP contribution in [0.2, 0.25) is 0 Å².